The van der Waals surface area contributed by atoms with Crippen LogP contribution >= 0.6 is 11.6 Å². The fourth-order valence-electron chi connectivity index (χ4n) is 4.51. The molecule has 1 aromatic carbocycles. The zero-order valence-corrected chi connectivity index (χ0v) is 17.3. The number of hydrogen-bond donors (Lipinski definition) is 1. The molecule has 2 saturated heterocycles. The lowest BCUT2D eigenvalue weighted by atomic mass is 9.86. The van der Waals surface area contributed by atoms with E-state index in [1.807, 2.05) is 24.0 Å². The monoisotopic (exact) mass is 393 g/mol. The van der Waals surface area contributed by atoms with Gasteiger partial charge in [-0.1, -0.05) is 11.6 Å². The van der Waals surface area contributed by atoms with Crippen molar-refractivity contribution in [3.8, 4) is 0 Å². The largest absolute Gasteiger partial charge is 0.396 e. The second-order valence-electron chi connectivity index (χ2n) is 8.03. The molecule has 0 aliphatic carbocycles. The predicted octanol–water partition coefficient (Wildman–Crippen LogP) is 2.50. The first-order chi connectivity index (χ1) is 13.0. The fourth-order valence-corrected chi connectivity index (χ4v) is 4.74. The molecule has 2 heterocycles. The van der Waals surface area contributed by atoms with Gasteiger partial charge >= 0.3 is 0 Å². The number of likely N-dealkylation sites (tertiary alicyclic amines) is 1. The topological polar surface area (TPSA) is 47.0 Å². The van der Waals surface area contributed by atoms with Crippen LogP contribution in [0, 0.1) is 12.8 Å². The first kappa shape index (κ1) is 20.6. The van der Waals surface area contributed by atoms with E-state index in [1.54, 1.807) is 6.07 Å². The molecule has 2 aliphatic heterocycles. The maximum atomic E-state index is 13.1. The highest BCUT2D eigenvalue weighted by atomic mass is 35.5. The Morgan fingerprint density at radius 2 is 1.96 bits per heavy atom. The number of halogens is 1. The zero-order valence-electron chi connectivity index (χ0n) is 16.5. The normalized spacial score (nSPS) is 25.0. The quantitative estimate of drug-likeness (QED) is 0.834. The van der Waals surface area contributed by atoms with Gasteiger partial charge in [0.25, 0.3) is 5.91 Å². The molecule has 1 aromatic rings. The number of aliphatic hydroxyl groups excluding tert-OH is 1. The maximum absolute atomic E-state index is 13.1. The van der Waals surface area contributed by atoms with Gasteiger partial charge in [0.05, 0.1) is 0 Å². The van der Waals surface area contributed by atoms with Crippen LogP contribution in [-0.2, 0) is 0 Å². The SMILES string of the molecule is Cc1cc(Cl)ccc1C(=O)N1CC[C@H](N2CCN(C)CC2)[C@H](CCCO)C1. The van der Waals surface area contributed by atoms with Crippen LogP contribution in [0.15, 0.2) is 18.2 Å². The number of aryl methyl sites for hydroxylation is 1. The summed E-state index contributed by atoms with van der Waals surface area (Å²) in [5.74, 6) is 0.529. The van der Waals surface area contributed by atoms with Gasteiger partial charge in [-0.25, -0.2) is 0 Å². The first-order valence-electron chi connectivity index (χ1n) is 10.1. The van der Waals surface area contributed by atoms with E-state index in [1.165, 1.54) is 0 Å². The standard InChI is InChI=1S/C21H32ClN3O2/c1-16-14-18(22)5-6-19(16)21(27)25-8-7-20(17(15-25)4-3-13-26)24-11-9-23(2)10-12-24/h5-6,14,17,20,26H,3-4,7-13,15H2,1-2H3/t17-,20+/m1/s1. The van der Waals surface area contributed by atoms with E-state index in [2.05, 4.69) is 16.8 Å². The fraction of sp³-hybridized carbons (Fsp3) is 0.667. The predicted molar refractivity (Wildman–Crippen MR) is 109 cm³/mol. The Balaban J connectivity index is 1.70. The number of carbonyl (C=O) groups is 1. The maximum Gasteiger partial charge on any atom is 0.254 e. The van der Waals surface area contributed by atoms with Gasteiger partial charge < -0.3 is 14.9 Å². The molecule has 0 radical (unpaired) electrons. The average molecular weight is 394 g/mol. The Labute approximate surface area is 167 Å². The zero-order chi connectivity index (χ0) is 19.4. The van der Waals surface area contributed by atoms with Crippen LogP contribution in [0.2, 0.25) is 5.02 Å². The van der Waals surface area contributed by atoms with Crippen LogP contribution in [0.5, 0.6) is 0 Å². The molecular weight excluding hydrogens is 362 g/mol. The van der Waals surface area contributed by atoms with Crippen molar-refractivity contribution in [3.05, 3.63) is 34.3 Å². The van der Waals surface area contributed by atoms with Crippen LogP contribution in [0.1, 0.15) is 35.2 Å². The van der Waals surface area contributed by atoms with Gasteiger partial charge in [0, 0.05) is 62.5 Å². The number of rotatable bonds is 5. The number of nitrogens with zero attached hydrogens (tertiary/aromatic N) is 3. The summed E-state index contributed by atoms with van der Waals surface area (Å²) >= 11 is 6.05. The highest BCUT2D eigenvalue weighted by Crippen LogP contribution is 2.28. The van der Waals surface area contributed by atoms with Crippen LogP contribution in [0.3, 0.4) is 0 Å². The molecule has 2 fully saturated rings. The summed E-state index contributed by atoms with van der Waals surface area (Å²) in [4.78, 5) is 20.1. The second kappa shape index (κ2) is 9.37. The van der Waals surface area contributed by atoms with E-state index >= 15 is 0 Å². The van der Waals surface area contributed by atoms with Crippen LogP contribution < -0.4 is 0 Å². The number of aliphatic hydroxyl groups is 1. The number of amides is 1. The lowest BCUT2D eigenvalue weighted by Gasteiger charge is -2.46. The average Bonchev–Trinajstić information content (AvgIpc) is 2.66. The minimum Gasteiger partial charge on any atom is -0.396 e. The molecule has 6 heteroatoms. The summed E-state index contributed by atoms with van der Waals surface area (Å²) in [6, 6.07) is 6.01. The number of piperidine rings is 1. The summed E-state index contributed by atoms with van der Waals surface area (Å²) in [7, 11) is 2.18. The number of benzene rings is 1. The number of carbonyl (C=O) groups excluding carboxylic acids is 1. The molecule has 5 nitrogen and oxygen atoms in total. The van der Waals surface area contributed by atoms with Crippen molar-refractivity contribution in [2.75, 3.05) is 52.9 Å². The van der Waals surface area contributed by atoms with E-state index in [-0.39, 0.29) is 12.5 Å². The number of hydrogen-bond acceptors (Lipinski definition) is 4. The Kier molecular flexibility index (Phi) is 7.15. The summed E-state index contributed by atoms with van der Waals surface area (Å²) in [6.07, 6.45) is 2.78. The van der Waals surface area contributed by atoms with Gasteiger partial charge in [0.1, 0.15) is 0 Å². The third-order valence-electron chi connectivity index (χ3n) is 6.14. The van der Waals surface area contributed by atoms with Gasteiger partial charge in [0.15, 0.2) is 0 Å². The molecule has 1 amide bonds. The van der Waals surface area contributed by atoms with Gasteiger partial charge in [-0.3, -0.25) is 9.69 Å². The first-order valence-corrected chi connectivity index (χ1v) is 10.5. The molecule has 150 valence electrons. The van der Waals surface area contributed by atoms with E-state index in [4.69, 9.17) is 11.6 Å². The smallest absolute Gasteiger partial charge is 0.254 e. The highest BCUT2D eigenvalue weighted by Gasteiger charge is 2.35. The van der Waals surface area contributed by atoms with Crippen molar-refractivity contribution in [3.63, 3.8) is 0 Å². The van der Waals surface area contributed by atoms with E-state index in [0.29, 0.717) is 17.0 Å². The number of likely N-dealkylation sites (N-methyl/N-ethyl adjacent to an activating group) is 1. The summed E-state index contributed by atoms with van der Waals surface area (Å²) in [6.45, 7) is 8.15. The van der Waals surface area contributed by atoms with Gasteiger partial charge in [-0.2, -0.15) is 0 Å². The molecule has 0 unspecified atom stereocenters. The van der Waals surface area contributed by atoms with Gasteiger partial charge in [-0.05, 0) is 62.9 Å². The molecule has 0 bridgehead atoms. The molecule has 3 rings (SSSR count). The second-order valence-corrected chi connectivity index (χ2v) is 8.47. The van der Waals surface area contributed by atoms with E-state index in [9.17, 15) is 9.90 Å². The van der Waals surface area contributed by atoms with Crippen molar-refractivity contribution in [1.29, 1.82) is 0 Å². The Bertz CT molecular complexity index is 646. The summed E-state index contributed by atoms with van der Waals surface area (Å²) in [5.41, 5.74) is 1.68. The molecular formula is C21H32ClN3O2. The Morgan fingerprint density at radius 3 is 2.63 bits per heavy atom. The summed E-state index contributed by atoms with van der Waals surface area (Å²) in [5, 5.41) is 10.00. The molecule has 0 aromatic heterocycles. The Morgan fingerprint density at radius 1 is 1.22 bits per heavy atom. The highest BCUT2D eigenvalue weighted by molar-refractivity contribution is 6.30. The third kappa shape index (κ3) is 5.02. The van der Waals surface area contributed by atoms with Crippen molar-refractivity contribution >= 4 is 17.5 Å². The lowest BCUT2D eigenvalue weighted by Crippen LogP contribution is -2.57. The third-order valence-corrected chi connectivity index (χ3v) is 6.37. The van der Waals surface area contributed by atoms with Gasteiger partial charge in [-0.15, -0.1) is 0 Å². The molecule has 2 atom stereocenters. The number of piperazine rings is 1. The van der Waals surface area contributed by atoms with Gasteiger partial charge in [0.2, 0.25) is 0 Å². The Hall–Kier alpha value is -1.14. The van der Waals surface area contributed by atoms with Crippen molar-refractivity contribution < 1.29 is 9.90 Å². The van der Waals surface area contributed by atoms with Crippen molar-refractivity contribution in [2.24, 2.45) is 5.92 Å². The molecule has 27 heavy (non-hydrogen) atoms. The molecule has 2 aliphatic rings. The van der Waals surface area contributed by atoms with E-state index < -0.39 is 0 Å². The van der Waals surface area contributed by atoms with Crippen molar-refractivity contribution in [1.82, 2.24) is 14.7 Å². The lowest BCUT2D eigenvalue weighted by molar-refractivity contribution is 0.0217. The molecule has 0 spiro atoms. The van der Waals surface area contributed by atoms with Crippen LogP contribution in [0.25, 0.3) is 0 Å². The van der Waals surface area contributed by atoms with Crippen molar-refractivity contribution in [2.45, 2.75) is 32.2 Å². The van der Waals surface area contributed by atoms with Crippen LogP contribution in [-0.4, -0.2) is 84.7 Å². The van der Waals surface area contributed by atoms with Crippen LogP contribution in [0.4, 0.5) is 0 Å². The minimum absolute atomic E-state index is 0.106. The summed E-state index contributed by atoms with van der Waals surface area (Å²) < 4.78 is 0. The minimum atomic E-state index is 0.106. The molecule has 1 N–H and O–H groups in total. The van der Waals surface area contributed by atoms with E-state index in [0.717, 1.165) is 69.7 Å². The molecule has 0 saturated carbocycles.